The summed E-state index contributed by atoms with van der Waals surface area (Å²) in [6, 6.07) is 0. The van der Waals surface area contributed by atoms with E-state index >= 15 is 0 Å². The Kier molecular flexibility index (Phi) is 10.8. The van der Waals surface area contributed by atoms with Gasteiger partial charge in [-0.15, -0.1) is 0 Å². The molecule has 0 bridgehead atoms. The van der Waals surface area contributed by atoms with E-state index in [2.05, 4.69) is 90.0 Å². The molecule has 0 aromatic heterocycles. The van der Waals surface area contributed by atoms with Crippen molar-refractivity contribution in [2.24, 2.45) is 4.99 Å². The van der Waals surface area contributed by atoms with E-state index in [1.54, 1.807) is 18.8 Å². The van der Waals surface area contributed by atoms with Gasteiger partial charge in [0.15, 0.2) is 5.17 Å². The standard InChI is InChI=1S/C10H9Br5N2S.BrH/c1-16-10(17-2)18-3-4-5(11)7(13)9(15)8(14)6(4)12;/h3H2,1-2H3,(H,16,17);1H/p-1. The van der Waals surface area contributed by atoms with Crippen molar-refractivity contribution in [3.8, 4) is 0 Å². The fraction of sp³-hybridized carbons (Fsp3) is 0.300. The molecule has 0 saturated carbocycles. The smallest absolute Gasteiger partial charge is 0.156 e. The van der Waals surface area contributed by atoms with E-state index in [-0.39, 0.29) is 17.0 Å². The van der Waals surface area contributed by atoms with Gasteiger partial charge in [0.25, 0.3) is 0 Å². The second-order valence-electron chi connectivity index (χ2n) is 3.12. The fourth-order valence-electron chi connectivity index (χ4n) is 1.17. The molecular formula is C10H9Br6N2S-. The number of hydrogen-bond donors (Lipinski definition) is 1. The van der Waals surface area contributed by atoms with Crippen LogP contribution >= 0.6 is 91.4 Å². The second kappa shape index (κ2) is 9.84. The number of benzene rings is 1. The van der Waals surface area contributed by atoms with E-state index in [4.69, 9.17) is 0 Å². The quantitative estimate of drug-likeness (QED) is 0.227. The Balaban J connectivity index is 0.00000324. The minimum atomic E-state index is 0. The lowest BCUT2D eigenvalue weighted by atomic mass is 10.2. The van der Waals surface area contributed by atoms with E-state index in [0.717, 1.165) is 33.3 Å². The lowest BCUT2D eigenvalue weighted by molar-refractivity contribution is -0.00000311. The maximum Gasteiger partial charge on any atom is 0.156 e. The summed E-state index contributed by atoms with van der Waals surface area (Å²) in [5, 5.41) is 3.96. The SMILES string of the molecule is CN=C(NC)SCc1c(Br)c(Br)c(Br)c(Br)c1Br.[Br-]. The second-order valence-corrected chi connectivity index (χ2v) is 8.04. The predicted molar refractivity (Wildman–Crippen MR) is 98.7 cm³/mol. The van der Waals surface area contributed by atoms with Gasteiger partial charge in [0, 0.05) is 42.2 Å². The first-order valence-corrected chi connectivity index (χ1v) is 9.66. The lowest BCUT2D eigenvalue weighted by Gasteiger charge is -2.13. The average Bonchev–Trinajstić information content (AvgIpc) is 2.38. The summed E-state index contributed by atoms with van der Waals surface area (Å²) < 4.78 is 5.03. The number of thioether (sulfide) groups is 1. The molecule has 1 aromatic rings. The van der Waals surface area contributed by atoms with Crippen molar-refractivity contribution in [1.29, 1.82) is 0 Å². The number of halogens is 6. The van der Waals surface area contributed by atoms with Crippen molar-refractivity contribution >= 4 is 96.6 Å². The Bertz CT molecular complexity index is 462. The summed E-state index contributed by atoms with van der Waals surface area (Å²) in [5.74, 6) is 0.805. The number of rotatable bonds is 2. The zero-order valence-corrected chi connectivity index (χ0v) is 20.2. The van der Waals surface area contributed by atoms with Gasteiger partial charge in [0.05, 0.1) is 0 Å². The van der Waals surface area contributed by atoms with E-state index in [9.17, 15) is 0 Å². The number of nitrogens with zero attached hydrogens (tertiary/aromatic N) is 1. The number of nitrogens with one attached hydrogen (secondary N) is 1. The summed E-state index contributed by atoms with van der Waals surface area (Å²) in [4.78, 5) is 4.15. The molecular weight excluding hydrogens is 660 g/mol. The van der Waals surface area contributed by atoms with Gasteiger partial charge in [-0.2, -0.15) is 0 Å². The summed E-state index contributed by atoms with van der Waals surface area (Å²) in [5.41, 5.74) is 1.17. The summed E-state index contributed by atoms with van der Waals surface area (Å²) in [7, 11) is 3.64. The van der Waals surface area contributed by atoms with Gasteiger partial charge in [-0.1, -0.05) is 11.8 Å². The van der Waals surface area contributed by atoms with Crippen LogP contribution in [0.15, 0.2) is 27.4 Å². The van der Waals surface area contributed by atoms with Gasteiger partial charge < -0.3 is 22.3 Å². The Morgan fingerprint density at radius 1 is 1.00 bits per heavy atom. The Hall–Kier alpha value is 1.92. The molecule has 0 fully saturated rings. The Labute approximate surface area is 169 Å². The van der Waals surface area contributed by atoms with Crippen LogP contribution in [0.1, 0.15) is 5.56 Å². The third-order valence-electron chi connectivity index (χ3n) is 2.07. The highest BCUT2D eigenvalue weighted by Crippen LogP contribution is 2.45. The van der Waals surface area contributed by atoms with Crippen molar-refractivity contribution in [3.63, 3.8) is 0 Å². The molecule has 0 amide bonds. The van der Waals surface area contributed by atoms with E-state index in [0.29, 0.717) is 0 Å². The van der Waals surface area contributed by atoms with Crippen LogP contribution in [0.25, 0.3) is 0 Å². The summed E-state index contributed by atoms with van der Waals surface area (Å²) >= 11 is 19.5. The maximum atomic E-state index is 4.15. The monoisotopic (exact) mass is 663 g/mol. The normalized spacial score (nSPS) is 11.2. The minimum absolute atomic E-state index is 0. The first kappa shape index (κ1) is 20.9. The first-order chi connectivity index (χ1) is 8.43. The third kappa shape index (κ3) is 5.25. The molecule has 0 aliphatic carbocycles. The van der Waals surface area contributed by atoms with E-state index < -0.39 is 0 Å². The molecule has 9 heteroatoms. The Morgan fingerprint density at radius 3 is 1.79 bits per heavy atom. The minimum Gasteiger partial charge on any atom is -1.00 e. The van der Waals surface area contributed by atoms with Gasteiger partial charge in [0.1, 0.15) is 0 Å². The zero-order valence-electron chi connectivity index (χ0n) is 9.83. The van der Waals surface area contributed by atoms with Crippen LogP contribution < -0.4 is 22.3 Å². The molecule has 0 unspecified atom stereocenters. The van der Waals surface area contributed by atoms with Gasteiger partial charge >= 0.3 is 0 Å². The van der Waals surface area contributed by atoms with Crippen LogP contribution in [0.5, 0.6) is 0 Å². The largest absolute Gasteiger partial charge is 1.00 e. The van der Waals surface area contributed by atoms with Gasteiger partial charge in [0.2, 0.25) is 0 Å². The molecule has 0 atom stereocenters. The fourth-order valence-corrected chi connectivity index (χ4v) is 5.79. The lowest BCUT2D eigenvalue weighted by Crippen LogP contribution is -3.00. The average molecular weight is 669 g/mol. The van der Waals surface area contributed by atoms with Crippen LogP contribution in [0, 0.1) is 0 Å². The van der Waals surface area contributed by atoms with Crippen molar-refractivity contribution in [1.82, 2.24) is 5.32 Å². The molecule has 0 radical (unpaired) electrons. The highest BCUT2D eigenvalue weighted by Gasteiger charge is 2.17. The van der Waals surface area contributed by atoms with Crippen LogP contribution in [-0.4, -0.2) is 19.3 Å². The molecule has 0 aliphatic heterocycles. The molecule has 0 heterocycles. The van der Waals surface area contributed by atoms with E-state index in [1.165, 1.54) is 5.56 Å². The summed E-state index contributed by atoms with van der Waals surface area (Å²) in [6.07, 6.45) is 0. The van der Waals surface area contributed by atoms with Crippen LogP contribution in [-0.2, 0) is 5.75 Å². The third-order valence-corrected chi connectivity index (χ3v) is 9.42. The number of aliphatic imine (C=N–C) groups is 1. The molecule has 19 heavy (non-hydrogen) atoms. The number of hydrogen-bond acceptors (Lipinski definition) is 2. The van der Waals surface area contributed by atoms with Gasteiger partial charge in [-0.25, -0.2) is 0 Å². The topological polar surface area (TPSA) is 24.4 Å². The summed E-state index contributed by atoms with van der Waals surface area (Å²) in [6.45, 7) is 0. The van der Waals surface area contributed by atoms with Crippen LogP contribution in [0.2, 0.25) is 0 Å². The first-order valence-electron chi connectivity index (χ1n) is 4.71. The van der Waals surface area contributed by atoms with E-state index in [1.807, 2.05) is 7.05 Å². The molecule has 1 aromatic carbocycles. The molecule has 0 saturated heterocycles. The molecule has 2 nitrogen and oxygen atoms in total. The van der Waals surface area contributed by atoms with Gasteiger partial charge in [-0.05, 0) is 85.2 Å². The molecule has 1 rings (SSSR count). The molecule has 0 aliphatic rings. The predicted octanol–water partition coefficient (Wildman–Crippen LogP) is 2.94. The molecule has 1 N–H and O–H groups in total. The van der Waals surface area contributed by atoms with Crippen LogP contribution in [0.4, 0.5) is 0 Å². The van der Waals surface area contributed by atoms with Gasteiger partial charge in [-0.3, -0.25) is 4.99 Å². The van der Waals surface area contributed by atoms with Crippen LogP contribution in [0.3, 0.4) is 0 Å². The van der Waals surface area contributed by atoms with Crippen molar-refractivity contribution in [2.75, 3.05) is 14.1 Å². The highest BCUT2D eigenvalue weighted by atomic mass is 79.9. The number of amidine groups is 1. The van der Waals surface area contributed by atoms with Crippen molar-refractivity contribution < 1.29 is 17.0 Å². The van der Waals surface area contributed by atoms with Crippen molar-refractivity contribution in [3.05, 3.63) is 27.9 Å². The molecule has 108 valence electrons. The highest BCUT2D eigenvalue weighted by molar-refractivity contribution is 9.15. The van der Waals surface area contributed by atoms with Crippen molar-refractivity contribution in [2.45, 2.75) is 5.75 Å². The maximum absolute atomic E-state index is 4.15. The Morgan fingerprint density at radius 2 is 1.42 bits per heavy atom. The molecule has 0 spiro atoms. The zero-order chi connectivity index (χ0) is 13.9.